The number of hydrogen-bond acceptors (Lipinski definition) is 4. The van der Waals surface area contributed by atoms with Crippen LogP contribution < -0.4 is 5.32 Å². The molecule has 1 heterocycles. The summed E-state index contributed by atoms with van der Waals surface area (Å²) in [4.78, 5) is 0. The predicted molar refractivity (Wildman–Crippen MR) is 62.3 cm³/mol. The van der Waals surface area contributed by atoms with E-state index in [-0.39, 0.29) is 0 Å². The van der Waals surface area contributed by atoms with Crippen molar-refractivity contribution >= 4 is 5.69 Å². The molecule has 2 rings (SSSR count). The Labute approximate surface area is 94.6 Å². The molecular weight excluding hydrogens is 202 g/mol. The number of aromatic nitrogens is 2. The van der Waals surface area contributed by atoms with Crippen molar-refractivity contribution in [1.29, 1.82) is 0 Å². The maximum atomic E-state index is 4.65. The third-order valence-corrected chi connectivity index (χ3v) is 2.59. The first-order valence-electron chi connectivity index (χ1n) is 5.26. The zero-order valence-electron chi connectivity index (χ0n) is 9.74. The van der Waals surface area contributed by atoms with Crippen molar-refractivity contribution < 1.29 is 4.63 Å². The van der Waals surface area contributed by atoms with Crippen LogP contribution >= 0.6 is 0 Å². The number of nitrogens with zero attached hydrogens (tertiary/aromatic N) is 2. The van der Waals surface area contributed by atoms with Crippen LogP contribution in [-0.4, -0.2) is 10.3 Å². The lowest BCUT2D eigenvalue weighted by atomic mass is 10.1. The molecule has 0 unspecified atom stereocenters. The van der Waals surface area contributed by atoms with E-state index >= 15 is 0 Å². The molecule has 84 valence electrons. The second-order valence-corrected chi connectivity index (χ2v) is 3.97. The summed E-state index contributed by atoms with van der Waals surface area (Å²) in [6.45, 7) is 6.68. The summed E-state index contributed by atoms with van der Waals surface area (Å²) in [5.41, 5.74) is 5.27. The summed E-state index contributed by atoms with van der Waals surface area (Å²) < 4.78 is 4.65. The van der Waals surface area contributed by atoms with Crippen LogP contribution in [0.15, 0.2) is 22.8 Å². The quantitative estimate of drug-likeness (QED) is 0.858. The lowest BCUT2D eigenvalue weighted by Gasteiger charge is -2.08. The third-order valence-electron chi connectivity index (χ3n) is 2.59. The monoisotopic (exact) mass is 217 g/mol. The molecule has 0 aliphatic rings. The van der Waals surface area contributed by atoms with Gasteiger partial charge >= 0.3 is 0 Å². The molecule has 0 atom stereocenters. The lowest BCUT2D eigenvalue weighted by molar-refractivity contribution is 0.301. The summed E-state index contributed by atoms with van der Waals surface area (Å²) in [5, 5.41) is 10.9. The van der Waals surface area contributed by atoms with Gasteiger partial charge in [0.1, 0.15) is 11.4 Å². The Morgan fingerprint density at radius 3 is 2.69 bits per heavy atom. The standard InChI is InChI=1S/C12H15N3O/c1-8-4-5-9(2)11(6-8)13-7-12-10(3)14-16-15-12/h4-6,13H,7H2,1-3H3. The summed E-state index contributed by atoms with van der Waals surface area (Å²) in [7, 11) is 0. The number of rotatable bonds is 3. The Kier molecular flexibility index (Phi) is 2.90. The molecule has 4 nitrogen and oxygen atoms in total. The van der Waals surface area contributed by atoms with Crippen molar-refractivity contribution in [1.82, 2.24) is 10.3 Å². The van der Waals surface area contributed by atoms with Crippen molar-refractivity contribution in [2.75, 3.05) is 5.32 Å². The average molecular weight is 217 g/mol. The number of benzene rings is 1. The van der Waals surface area contributed by atoms with Gasteiger partial charge in [-0.15, -0.1) is 0 Å². The van der Waals surface area contributed by atoms with Gasteiger partial charge in [-0.05, 0) is 38.0 Å². The molecule has 0 spiro atoms. The minimum Gasteiger partial charge on any atom is -0.379 e. The lowest BCUT2D eigenvalue weighted by Crippen LogP contribution is -2.03. The van der Waals surface area contributed by atoms with E-state index in [4.69, 9.17) is 0 Å². The molecule has 0 bridgehead atoms. The normalized spacial score (nSPS) is 10.4. The molecule has 2 aromatic rings. The number of aryl methyl sites for hydroxylation is 3. The van der Waals surface area contributed by atoms with Crippen molar-refractivity contribution in [3.63, 3.8) is 0 Å². The van der Waals surface area contributed by atoms with E-state index in [1.54, 1.807) is 0 Å². The summed E-state index contributed by atoms with van der Waals surface area (Å²) >= 11 is 0. The third kappa shape index (κ3) is 2.21. The predicted octanol–water partition coefficient (Wildman–Crippen LogP) is 2.61. The average Bonchev–Trinajstić information content (AvgIpc) is 2.66. The number of anilines is 1. The van der Waals surface area contributed by atoms with Gasteiger partial charge in [0.15, 0.2) is 0 Å². The summed E-state index contributed by atoms with van der Waals surface area (Å²) in [6, 6.07) is 6.33. The van der Waals surface area contributed by atoms with Gasteiger partial charge in [-0.1, -0.05) is 22.4 Å². The van der Waals surface area contributed by atoms with Crippen LogP contribution in [0, 0.1) is 20.8 Å². The number of hydrogen-bond donors (Lipinski definition) is 1. The van der Waals surface area contributed by atoms with Crippen molar-refractivity contribution in [2.24, 2.45) is 0 Å². The molecule has 0 fully saturated rings. The zero-order chi connectivity index (χ0) is 11.5. The van der Waals surface area contributed by atoms with Crippen LogP contribution in [0.3, 0.4) is 0 Å². The van der Waals surface area contributed by atoms with Crippen molar-refractivity contribution in [3.05, 3.63) is 40.7 Å². The fourth-order valence-corrected chi connectivity index (χ4v) is 1.52. The van der Waals surface area contributed by atoms with E-state index in [2.05, 4.69) is 52.3 Å². The van der Waals surface area contributed by atoms with E-state index in [1.165, 1.54) is 11.1 Å². The second-order valence-electron chi connectivity index (χ2n) is 3.97. The van der Waals surface area contributed by atoms with Gasteiger partial charge < -0.3 is 5.32 Å². The van der Waals surface area contributed by atoms with Crippen LogP contribution in [0.25, 0.3) is 0 Å². The molecular formula is C12H15N3O. The van der Waals surface area contributed by atoms with E-state index in [0.717, 1.165) is 17.1 Å². The summed E-state index contributed by atoms with van der Waals surface area (Å²) in [6.07, 6.45) is 0. The summed E-state index contributed by atoms with van der Waals surface area (Å²) in [5.74, 6) is 0. The Bertz CT molecular complexity index is 491. The Balaban J connectivity index is 2.10. The maximum absolute atomic E-state index is 4.65. The molecule has 4 heteroatoms. The minimum atomic E-state index is 0.639. The van der Waals surface area contributed by atoms with E-state index in [9.17, 15) is 0 Å². The molecule has 1 aromatic carbocycles. The zero-order valence-corrected chi connectivity index (χ0v) is 9.74. The largest absolute Gasteiger partial charge is 0.379 e. The first kappa shape index (κ1) is 10.7. The number of nitrogens with one attached hydrogen (secondary N) is 1. The molecule has 1 aromatic heterocycles. The van der Waals surface area contributed by atoms with Gasteiger partial charge in [-0.2, -0.15) is 0 Å². The van der Waals surface area contributed by atoms with E-state index in [0.29, 0.717) is 6.54 Å². The van der Waals surface area contributed by atoms with Crippen molar-refractivity contribution in [3.8, 4) is 0 Å². The second kappa shape index (κ2) is 4.35. The molecule has 0 radical (unpaired) electrons. The Morgan fingerprint density at radius 2 is 2.00 bits per heavy atom. The first-order chi connectivity index (χ1) is 7.66. The van der Waals surface area contributed by atoms with Gasteiger partial charge in [-0.25, -0.2) is 4.63 Å². The molecule has 16 heavy (non-hydrogen) atoms. The van der Waals surface area contributed by atoms with Gasteiger partial charge in [-0.3, -0.25) is 0 Å². The molecule has 0 aliphatic carbocycles. The first-order valence-corrected chi connectivity index (χ1v) is 5.26. The van der Waals surface area contributed by atoms with Crippen LogP contribution in [0.1, 0.15) is 22.5 Å². The van der Waals surface area contributed by atoms with E-state index < -0.39 is 0 Å². The van der Waals surface area contributed by atoms with Gasteiger partial charge in [0.2, 0.25) is 0 Å². The molecule has 0 saturated heterocycles. The van der Waals surface area contributed by atoms with Gasteiger partial charge in [0.05, 0.1) is 6.54 Å². The van der Waals surface area contributed by atoms with Crippen LogP contribution in [-0.2, 0) is 6.54 Å². The highest BCUT2D eigenvalue weighted by molar-refractivity contribution is 5.52. The highest BCUT2D eigenvalue weighted by Gasteiger charge is 2.05. The van der Waals surface area contributed by atoms with Gasteiger partial charge in [0, 0.05) is 5.69 Å². The highest BCUT2D eigenvalue weighted by atomic mass is 16.6. The van der Waals surface area contributed by atoms with Crippen LogP contribution in [0.5, 0.6) is 0 Å². The fraction of sp³-hybridized carbons (Fsp3) is 0.333. The SMILES string of the molecule is Cc1ccc(C)c(NCc2nonc2C)c1. The van der Waals surface area contributed by atoms with Crippen LogP contribution in [0.4, 0.5) is 5.69 Å². The smallest absolute Gasteiger partial charge is 0.127 e. The van der Waals surface area contributed by atoms with Gasteiger partial charge in [0.25, 0.3) is 0 Å². The molecule has 0 aliphatic heterocycles. The Morgan fingerprint density at radius 1 is 1.19 bits per heavy atom. The highest BCUT2D eigenvalue weighted by Crippen LogP contribution is 2.17. The topological polar surface area (TPSA) is 51.0 Å². The fourth-order valence-electron chi connectivity index (χ4n) is 1.52. The van der Waals surface area contributed by atoms with Crippen LogP contribution in [0.2, 0.25) is 0 Å². The molecule has 1 N–H and O–H groups in total. The van der Waals surface area contributed by atoms with E-state index in [1.807, 2.05) is 6.92 Å². The molecule has 0 amide bonds. The Hall–Kier alpha value is -1.84. The van der Waals surface area contributed by atoms with Crippen molar-refractivity contribution in [2.45, 2.75) is 27.3 Å². The minimum absolute atomic E-state index is 0.639. The maximum Gasteiger partial charge on any atom is 0.127 e. The molecule has 0 saturated carbocycles.